The Morgan fingerprint density at radius 2 is 1.62 bits per heavy atom. The van der Waals surface area contributed by atoms with E-state index in [1.807, 2.05) is 85.8 Å². The molecule has 0 unspecified atom stereocenters. The summed E-state index contributed by atoms with van der Waals surface area (Å²) in [5, 5.41) is 12.1. The van der Waals surface area contributed by atoms with Gasteiger partial charge in [0.2, 0.25) is 0 Å². The van der Waals surface area contributed by atoms with Gasteiger partial charge in [-0.1, -0.05) is 74.5 Å². The molecule has 0 bridgehead atoms. The molecule has 1 heterocycles. The van der Waals surface area contributed by atoms with Crippen molar-refractivity contribution in [2.24, 2.45) is 5.92 Å². The second-order valence-corrected chi connectivity index (χ2v) is 12.5. The summed E-state index contributed by atoms with van der Waals surface area (Å²) in [6.45, 7) is 6.66. The Morgan fingerprint density at radius 1 is 1.00 bits per heavy atom. The van der Waals surface area contributed by atoms with Crippen molar-refractivity contribution >= 4 is 29.1 Å². The molecule has 3 aromatic carbocycles. The molecule has 0 saturated heterocycles. The average Bonchev–Trinajstić information content (AvgIpc) is 3.23. The number of nitriles is 1. The summed E-state index contributed by atoms with van der Waals surface area (Å²) >= 11 is 1.54. The van der Waals surface area contributed by atoms with E-state index in [9.17, 15) is 9.83 Å². The van der Waals surface area contributed by atoms with Crippen LogP contribution in [0.1, 0.15) is 30.0 Å². The molecule has 0 radical (unpaired) electrons. The van der Waals surface area contributed by atoms with Gasteiger partial charge in [-0.25, -0.2) is 4.98 Å². The van der Waals surface area contributed by atoms with Gasteiger partial charge in [0.1, 0.15) is 24.0 Å². The molecule has 6 heteroatoms. The smallest absolute Gasteiger partial charge is 0.148 e. The normalized spacial score (nSPS) is 11.4. The fourth-order valence-corrected chi connectivity index (χ4v) is 7.96. The van der Waals surface area contributed by atoms with Crippen LogP contribution in [0.5, 0.6) is 5.75 Å². The molecule has 172 valence electrons. The van der Waals surface area contributed by atoms with E-state index >= 15 is 0 Å². The first kappa shape index (κ1) is 24.0. The van der Waals surface area contributed by atoms with Gasteiger partial charge in [0.25, 0.3) is 0 Å². The van der Waals surface area contributed by atoms with Crippen LogP contribution in [0.3, 0.4) is 0 Å². The minimum atomic E-state index is -2.89. The van der Waals surface area contributed by atoms with Crippen molar-refractivity contribution in [3.05, 3.63) is 95.0 Å². The average molecular weight is 487 g/mol. The zero-order chi connectivity index (χ0) is 24.1. The van der Waals surface area contributed by atoms with E-state index < -0.39 is 7.14 Å². The molecule has 4 nitrogen and oxygen atoms in total. The lowest BCUT2D eigenvalue weighted by Gasteiger charge is -2.19. The van der Waals surface area contributed by atoms with E-state index in [1.165, 1.54) is 11.3 Å². The van der Waals surface area contributed by atoms with Gasteiger partial charge < -0.3 is 9.30 Å². The molecule has 0 aliphatic heterocycles. The Hall–Kier alpha value is -3.19. The van der Waals surface area contributed by atoms with Gasteiger partial charge in [-0.3, -0.25) is 0 Å². The second-order valence-electron chi connectivity index (χ2n) is 8.62. The molecule has 0 spiro atoms. The predicted molar refractivity (Wildman–Crippen MR) is 141 cm³/mol. The molecular formula is C28H27N2O2PS. The summed E-state index contributed by atoms with van der Waals surface area (Å²) in [7, 11) is -2.89. The molecule has 0 N–H and O–H groups in total. The van der Waals surface area contributed by atoms with Gasteiger partial charge in [-0.15, -0.1) is 11.3 Å². The van der Waals surface area contributed by atoms with Crippen molar-refractivity contribution in [1.82, 2.24) is 4.98 Å². The molecule has 0 fully saturated rings. The molecule has 0 aliphatic rings. The highest BCUT2D eigenvalue weighted by molar-refractivity contribution is 7.78. The monoisotopic (exact) mass is 486 g/mol. The second kappa shape index (κ2) is 10.4. The summed E-state index contributed by atoms with van der Waals surface area (Å²) in [6.07, 6.45) is 0.408. The topological polar surface area (TPSA) is 63.0 Å². The number of hydrogen-bond donors (Lipinski definition) is 0. The predicted octanol–water partition coefficient (Wildman–Crippen LogP) is 6.54. The highest BCUT2D eigenvalue weighted by Gasteiger charge is 2.29. The Morgan fingerprint density at radius 3 is 2.18 bits per heavy atom. The Bertz CT molecular complexity index is 1310. The van der Waals surface area contributed by atoms with Crippen molar-refractivity contribution in [3.8, 4) is 22.4 Å². The van der Waals surface area contributed by atoms with Crippen molar-refractivity contribution in [3.63, 3.8) is 0 Å². The van der Waals surface area contributed by atoms with Gasteiger partial charge in [0.15, 0.2) is 0 Å². The number of ether oxygens (including phenoxy) is 1. The zero-order valence-electron chi connectivity index (χ0n) is 19.6. The lowest BCUT2D eigenvalue weighted by Crippen LogP contribution is -2.17. The lowest BCUT2D eigenvalue weighted by molar-refractivity contribution is 0.270. The minimum absolute atomic E-state index is 0.375. The number of thiazole rings is 1. The molecule has 0 aliphatic carbocycles. The van der Waals surface area contributed by atoms with Gasteiger partial charge in [0.05, 0.1) is 17.9 Å². The van der Waals surface area contributed by atoms with E-state index in [1.54, 1.807) is 0 Å². The SMILES string of the molecule is Cc1nc(-c2ccc(OCC(C)C)c(C#N)c2)sc1CP(=O)(c1ccccc1)c1ccccc1. The Balaban J connectivity index is 1.69. The van der Waals surface area contributed by atoms with Crippen LogP contribution in [-0.2, 0) is 10.7 Å². The van der Waals surface area contributed by atoms with E-state index in [0.29, 0.717) is 30.0 Å². The summed E-state index contributed by atoms with van der Waals surface area (Å²) < 4.78 is 20.3. The number of rotatable bonds is 8. The van der Waals surface area contributed by atoms with E-state index in [0.717, 1.165) is 31.8 Å². The quantitative estimate of drug-likeness (QED) is 0.265. The summed E-state index contributed by atoms with van der Waals surface area (Å²) in [5.41, 5.74) is 2.22. The molecular weight excluding hydrogens is 459 g/mol. The zero-order valence-corrected chi connectivity index (χ0v) is 21.3. The van der Waals surface area contributed by atoms with Crippen LogP contribution in [0.25, 0.3) is 10.6 Å². The maximum Gasteiger partial charge on any atom is 0.148 e. The largest absolute Gasteiger partial charge is 0.492 e. The summed E-state index contributed by atoms with van der Waals surface area (Å²) in [5.74, 6) is 0.964. The van der Waals surface area contributed by atoms with Crippen molar-refractivity contribution in [2.45, 2.75) is 26.9 Å². The van der Waals surface area contributed by atoms with Gasteiger partial charge in [0, 0.05) is 27.2 Å². The number of hydrogen-bond acceptors (Lipinski definition) is 5. The van der Waals surface area contributed by atoms with Crippen LogP contribution in [-0.4, -0.2) is 11.6 Å². The fraction of sp³-hybridized carbons (Fsp3) is 0.214. The summed E-state index contributed by atoms with van der Waals surface area (Å²) in [4.78, 5) is 5.77. The van der Waals surface area contributed by atoms with Crippen LogP contribution >= 0.6 is 18.5 Å². The van der Waals surface area contributed by atoms with Gasteiger partial charge >= 0.3 is 0 Å². The first-order chi connectivity index (χ1) is 16.4. The summed E-state index contributed by atoms with van der Waals surface area (Å²) in [6, 6.07) is 27.2. The van der Waals surface area contributed by atoms with Crippen molar-refractivity contribution in [1.29, 1.82) is 5.26 Å². The van der Waals surface area contributed by atoms with Crippen molar-refractivity contribution in [2.75, 3.05) is 6.61 Å². The fourth-order valence-electron chi connectivity index (χ4n) is 3.70. The molecule has 4 rings (SSSR count). The van der Waals surface area contributed by atoms with E-state index in [2.05, 4.69) is 19.9 Å². The highest BCUT2D eigenvalue weighted by atomic mass is 32.1. The molecule has 1 aromatic heterocycles. The number of nitrogens with zero attached hydrogens (tertiary/aromatic N) is 2. The third kappa shape index (κ3) is 5.14. The highest BCUT2D eigenvalue weighted by Crippen LogP contribution is 2.49. The number of aromatic nitrogens is 1. The maximum absolute atomic E-state index is 14.5. The van der Waals surface area contributed by atoms with Gasteiger partial charge in [-0.2, -0.15) is 5.26 Å². The Kier molecular flexibility index (Phi) is 7.32. The Labute approximate surface area is 205 Å². The van der Waals surface area contributed by atoms with E-state index in [4.69, 9.17) is 9.72 Å². The van der Waals surface area contributed by atoms with Gasteiger partial charge in [-0.05, 0) is 31.0 Å². The third-order valence-electron chi connectivity index (χ3n) is 5.52. The first-order valence-electron chi connectivity index (χ1n) is 11.2. The maximum atomic E-state index is 14.5. The first-order valence-corrected chi connectivity index (χ1v) is 14.0. The molecule has 0 amide bonds. The van der Waals surface area contributed by atoms with Crippen LogP contribution in [0.2, 0.25) is 0 Å². The number of benzene rings is 3. The molecule has 34 heavy (non-hydrogen) atoms. The third-order valence-corrected chi connectivity index (χ3v) is 9.97. The number of aryl methyl sites for hydroxylation is 1. The van der Waals surface area contributed by atoms with Crippen LogP contribution in [0.15, 0.2) is 78.9 Å². The van der Waals surface area contributed by atoms with Crippen LogP contribution < -0.4 is 15.3 Å². The van der Waals surface area contributed by atoms with E-state index in [-0.39, 0.29) is 0 Å². The minimum Gasteiger partial charge on any atom is -0.492 e. The molecule has 0 atom stereocenters. The standard InChI is InChI=1S/C28H27N2O2PS/c1-20(2)18-32-26-15-14-22(16-23(26)17-29)28-30-21(3)27(34-28)19-33(31,24-10-6-4-7-11-24)25-12-8-5-9-13-25/h4-16,20H,18-19H2,1-3H3. The van der Waals surface area contributed by atoms with Crippen LogP contribution in [0, 0.1) is 24.2 Å². The molecule has 0 saturated carbocycles. The van der Waals surface area contributed by atoms with Crippen LogP contribution in [0.4, 0.5) is 0 Å². The lowest BCUT2D eigenvalue weighted by atomic mass is 10.1. The van der Waals surface area contributed by atoms with Crippen molar-refractivity contribution < 1.29 is 9.30 Å². The molecule has 4 aromatic rings.